The van der Waals surface area contributed by atoms with E-state index in [2.05, 4.69) is 5.32 Å². The lowest BCUT2D eigenvalue weighted by atomic mass is 10.1. The summed E-state index contributed by atoms with van der Waals surface area (Å²) in [6, 6.07) is 5.21. The predicted molar refractivity (Wildman–Crippen MR) is 83.1 cm³/mol. The highest BCUT2D eigenvalue weighted by Gasteiger charge is 2.39. The number of rotatable bonds is 7. The van der Waals surface area contributed by atoms with Gasteiger partial charge in [-0.25, -0.2) is 0 Å². The zero-order valence-electron chi connectivity index (χ0n) is 13.5. The SMILES string of the molecule is CCN(CC)C(=O)CC(C)Nc1ccc(C(O)C(F)(F)F)cc1. The summed E-state index contributed by atoms with van der Waals surface area (Å²) in [6.07, 6.45) is -6.87. The Kier molecular flexibility index (Phi) is 6.87. The molecule has 0 saturated carbocycles. The second kappa shape index (κ2) is 8.19. The number of halogens is 3. The van der Waals surface area contributed by atoms with Crippen molar-refractivity contribution in [1.82, 2.24) is 4.90 Å². The Bertz CT molecular complexity index is 499. The zero-order valence-corrected chi connectivity index (χ0v) is 13.5. The Morgan fingerprint density at radius 3 is 2.17 bits per heavy atom. The molecule has 2 N–H and O–H groups in total. The maximum atomic E-state index is 12.4. The molecule has 0 fully saturated rings. The molecule has 7 heteroatoms. The monoisotopic (exact) mass is 332 g/mol. The van der Waals surface area contributed by atoms with Crippen LogP contribution >= 0.6 is 0 Å². The summed E-state index contributed by atoms with van der Waals surface area (Å²) in [4.78, 5) is 13.7. The molecule has 1 aromatic rings. The molecule has 2 unspecified atom stereocenters. The average molecular weight is 332 g/mol. The molecule has 130 valence electrons. The van der Waals surface area contributed by atoms with E-state index in [1.165, 1.54) is 24.3 Å². The van der Waals surface area contributed by atoms with Crippen LogP contribution in [0.4, 0.5) is 18.9 Å². The van der Waals surface area contributed by atoms with Crippen LogP contribution in [-0.4, -0.2) is 41.2 Å². The first-order valence-corrected chi connectivity index (χ1v) is 7.58. The van der Waals surface area contributed by atoms with Crippen LogP contribution in [-0.2, 0) is 4.79 Å². The minimum absolute atomic E-state index is 0.0270. The van der Waals surface area contributed by atoms with Gasteiger partial charge in [-0.05, 0) is 38.5 Å². The number of amides is 1. The third-order valence-electron chi connectivity index (χ3n) is 3.55. The minimum Gasteiger partial charge on any atom is -0.382 e. The van der Waals surface area contributed by atoms with Crippen LogP contribution in [0.25, 0.3) is 0 Å². The molecular weight excluding hydrogens is 309 g/mol. The summed E-state index contributed by atoms with van der Waals surface area (Å²) in [5.41, 5.74) is 0.387. The molecule has 0 spiro atoms. The zero-order chi connectivity index (χ0) is 17.6. The maximum Gasteiger partial charge on any atom is 0.418 e. The molecular formula is C16H23F3N2O2. The van der Waals surface area contributed by atoms with Crippen molar-refractivity contribution in [2.45, 2.75) is 45.5 Å². The normalized spacial score (nSPS) is 14.2. The number of hydrogen-bond acceptors (Lipinski definition) is 3. The highest BCUT2D eigenvalue weighted by molar-refractivity contribution is 5.77. The van der Waals surface area contributed by atoms with E-state index in [0.717, 1.165) is 0 Å². The molecule has 0 bridgehead atoms. The van der Waals surface area contributed by atoms with Crippen molar-refractivity contribution in [1.29, 1.82) is 0 Å². The summed E-state index contributed by atoms with van der Waals surface area (Å²) in [5, 5.41) is 12.2. The van der Waals surface area contributed by atoms with Crippen molar-refractivity contribution in [2.24, 2.45) is 0 Å². The summed E-state index contributed by atoms with van der Waals surface area (Å²) in [5.74, 6) is 0.0270. The first kappa shape index (κ1) is 19.3. The molecule has 1 rings (SSSR count). The number of nitrogens with zero attached hydrogens (tertiary/aromatic N) is 1. The van der Waals surface area contributed by atoms with E-state index in [0.29, 0.717) is 25.2 Å². The van der Waals surface area contributed by atoms with Crippen LogP contribution in [0.15, 0.2) is 24.3 Å². The smallest absolute Gasteiger partial charge is 0.382 e. The highest BCUT2D eigenvalue weighted by atomic mass is 19.4. The molecule has 0 aromatic heterocycles. The number of aliphatic hydroxyl groups is 1. The van der Waals surface area contributed by atoms with Crippen LogP contribution in [0.1, 0.15) is 38.9 Å². The van der Waals surface area contributed by atoms with Gasteiger partial charge in [-0.15, -0.1) is 0 Å². The van der Waals surface area contributed by atoms with Crippen LogP contribution in [0.5, 0.6) is 0 Å². The van der Waals surface area contributed by atoms with Gasteiger partial charge < -0.3 is 15.3 Å². The molecule has 0 aliphatic heterocycles. The number of alkyl halides is 3. The summed E-state index contributed by atoms with van der Waals surface area (Å²) < 4.78 is 37.3. The molecule has 0 radical (unpaired) electrons. The molecule has 4 nitrogen and oxygen atoms in total. The summed E-state index contributed by atoms with van der Waals surface area (Å²) in [7, 11) is 0. The molecule has 2 atom stereocenters. The Morgan fingerprint density at radius 1 is 1.22 bits per heavy atom. The Hall–Kier alpha value is -1.76. The van der Waals surface area contributed by atoms with E-state index in [4.69, 9.17) is 5.11 Å². The lowest BCUT2D eigenvalue weighted by Gasteiger charge is -2.22. The lowest BCUT2D eigenvalue weighted by Crippen LogP contribution is -2.34. The van der Waals surface area contributed by atoms with Crippen molar-refractivity contribution < 1.29 is 23.1 Å². The van der Waals surface area contributed by atoms with Crippen molar-refractivity contribution in [3.63, 3.8) is 0 Å². The quantitative estimate of drug-likeness (QED) is 0.805. The van der Waals surface area contributed by atoms with Crippen LogP contribution in [0.2, 0.25) is 0 Å². The number of hydrogen-bond donors (Lipinski definition) is 2. The number of aliphatic hydroxyl groups excluding tert-OH is 1. The second-order valence-corrected chi connectivity index (χ2v) is 5.38. The fourth-order valence-electron chi connectivity index (χ4n) is 2.25. The number of carbonyl (C=O) groups excluding carboxylic acids is 1. The fraction of sp³-hybridized carbons (Fsp3) is 0.562. The highest BCUT2D eigenvalue weighted by Crippen LogP contribution is 2.32. The molecule has 1 aromatic carbocycles. The van der Waals surface area contributed by atoms with Crippen LogP contribution < -0.4 is 5.32 Å². The van der Waals surface area contributed by atoms with Gasteiger partial charge in [0, 0.05) is 31.2 Å². The van der Waals surface area contributed by atoms with Gasteiger partial charge in [0.1, 0.15) is 0 Å². The molecule has 0 saturated heterocycles. The number of anilines is 1. The maximum absolute atomic E-state index is 12.4. The van der Waals surface area contributed by atoms with Gasteiger partial charge in [-0.2, -0.15) is 13.2 Å². The van der Waals surface area contributed by atoms with Crippen molar-refractivity contribution in [3.8, 4) is 0 Å². The lowest BCUT2D eigenvalue weighted by molar-refractivity contribution is -0.206. The summed E-state index contributed by atoms with van der Waals surface area (Å²) in [6.45, 7) is 6.94. The molecule has 0 heterocycles. The van der Waals surface area contributed by atoms with E-state index in [-0.39, 0.29) is 17.5 Å². The van der Waals surface area contributed by atoms with Crippen LogP contribution in [0, 0.1) is 0 Å². The number of carbonyl (C=O) groups is 1. The number of nitrogens with one attached hydrogen (secondary N) is 1. The van der Waals surface area contributed by atoms with Crippen molar-refractivity contribution in [2.75, 3.05) is 18.4 Å². The molecule has 23 heavy (non-hydrogen) atoms. The van der Waals surface area contributed by atoms with Crippen LogP contribution in [0.3, 0.4) is 0 Å². The van der Waals surface area contributed by atoms with Gasteiger partial charge in [0.05, 0.1) is 0 Å². The topological polar surface area (TPSA) is 52.6 Å². The van der Waals surface area contributed by atoms with Crippen molar-refractivity contribution in [3.05, 3.63) is 29.8 Å². The van der Waals surface area contributed by atoms with Gasteiger partial charge >= 0.3 is 6.18 Å². The first-order chi connectivity index (χ1) is 10.7. The predicted octanol–water partition coefficient (Wildman–Crippen LogP) is 3.34. The van der Waals surface area contributed by atoms with Gasteiger partial charge in [-0.3, -0.25) is 4.79 Å². The van der Waals surface area contributed by atoms with Gasteiger partial charge in [-0.1, -0.05) is 12.1 Å². The Morgan fingerprint density at radius 2 is 1.74 bits per heavy atom. The van der Waals surface area contributed by atoms with E-state index < -0.39 is 12.3 Å². The third kappa shape index (κ3) is 5.74. The Balaban J connectivity index is 2.63. The fourth-order valence-corrected chi connectivity index (χ4v) is 2.25. The van der Waals surface area contributed by atoms with Gasteiger partial charge in [0.2, 0.25) is 5.91 Å². The standard InChI is InChI=1S/C16H23F3N2O2/c1-4-21(5-2)14(22)10-11(3)20-13-8-6-12(7-9-13)15(23)16(17,18)19/h6-9,11,15,20,23H,4-5,10H2,1-3H3. The third-order valence-corrected chi connectivity index (χ3v) is 3.55. The second-order valence-electron chi connectivity index (χ2n) is 5.38. The van der Waals surface area contributed by atoms with E-state index in [9.17, 15) is 18.0 Å². The molecule has 1 amide bonds. The average Bonchev–Trinajstić information content (AvgIpc) is 2.47. The Labute approximate surface area is 134 Å². The van der Waals surface area contributed by atoms with E-state index >= 15 is 0 Å². The molecule has 0 aliphatic carbocycles. The molecule has 0 aliphatic rings. The number of benzene rings is 1. The minimum atomic E-state index is -4.68. The van der Waals surface area contributed by atoms with E-state index in [1.807, 2.05) is 20.8 Å². The van der Waals surface area contributed by atoms with Gasteiger partial charge in [0.25, 0.3) is 0 Å². The first-order valence-electron chi connectivity index (χ1n) is 7.58. The summed E-state index contributed by atoms with van der Waals surface area (Å²) >= 11 is 0. The van der Waals surface area contributed by atoms with Crippen molar-refractivity contribution >= 4 is 11.6 Å². The largest absolute Gasteiger partial charge is 0.418 e. The van der Waals surface area contributed by atoms with Gasteiger partial charge in [0.15, 0.2) is 6.10 Å². The van der Waals surface area contributed by atoms with E-state index in [1.54, 1.807) is 4.90 Å².